The summed E-state index contributed by atoms with van der Waals surface area (Å²) in [6.07, 6.45) is -1.03. The highest BCUT2D eigenvalue weighted by Gasteiger charge is 2.32. The molecule has 6 nitrogen and oxygen atoms in total. The van der Waals surface area contributed by atoms with Gasteiger partial charge in [0.05, 0.1) is 10.6 Å². The van der Waals surface area contributed by atoms with E-state index in [0.717, 1.165) is 31.9 Å². The first-order valence-corrected chi connectivity index (χ1v) is 14.2. The summed E-state index contributed by atoms with van der Waals surface area (Å²) >= 11 is 5.67. The van der Waals surface area contributed by atoms with Crippen molar-refractivity contribution in [3.63, 3.8) is 0 Å². The van der Waals surface area contributed by atoms with Crippen LogP contribution in [0.25, 0.3) is 0 Å². The first-order valence-electron chi connectivity index (χ1n) is 13.0. The number of carbonyl (C=O) groups excluding carboxylic acids is 1. The number of halogens is 7. The lowest BCUT2D eigenvalue weighted by Crippen LogP contribution is -2.47. The van der Waals surface area contributed by atoms with E-state index in [4.69, 9.17) is 11.6 Å². The van der Waals surface area contributed by atoms with E-state index in [1.165, 1.54) is 18.2 Å². The third kappa shape index (κ3) is 8.81. The quantitative estimate of drug-likeness (QED) is 0.277. The second kappa shape index (κ2) is 13.1. The molecule has 3 heterocycles. The molecule has 1 amide bonds. The van der Waals surface area contributed by atoms with Crippen LogP contribution >= 0.6 is 23.4 Å². The van der Waals surface area contributed by atoms with E-state index >= 15 is 0 Å². The standard InChI is InChI=1S/C26H30ClF6N5OS/c27-21-5-4-20(16-22(21)40-26(31,32)33)35-19-7-10-38(11-8-19)24(39)2-1-9-36-12-14-37(15-13-36)23-6-3-18(17-34-23)25(28,29)30/h3-6,16-17,19,35H,1-2,7-15H2. The maximum Gasteiger partial charge on any atom is 0.446 e. The van der Waals surface area contributed by atoms with Crippen molar-refractivity contribution in [2.75, 3.05) is 56.0 Å². The number of hydrogen-bond acceptors (Lipinski definition) is 6. The predicted molar refractivity (Wildman–Crippen MR) is 144 cm³/mol. The number of aromatic nitrogens is 1. The second-order valence-corrected chi connectivity index (χ2v) is 11.3. The van der Waals surface area contributed by atoms with E-state index < -0.39 is 17.2 Å². The highest BCUT2D eigenvalue weighted by molar-refractivity contribution is 8.00. The van der Waals surface area contributed by atoms with Crippen LogP contribution in [0.15, 0.2) is 41.4 Å². The van der Waals surface area contributed by atoms with Crippen LogP contribution in [0.2, 0.25) is 5.02 Å². The minimum absolute atomic E-state index is 0.0458. The van der Waals surface area contributed by atoms with Gasteiger partial charge in [-0.1, -0.05) is 11.6 Å². The van der Waals surface area contributed by atoms with Gasteiger partial charge in [0.2, 0.25) is 5.91 Å². The van der Waals surface area contributed by atoms with Gasteiger partial charge in [-0.2, -0.15) is 26.3 Å². The lowest BCUT2D eigenvalue weighted by atomic mass is 10.0. The molecule has 0 unspecified atom stereocenters. The number of nitrogens with one attached hydrogen (secondary N) is 1. The van der Waals surface area contributed by atoms with Gasteiger partial charge in [-0.3, -0.25) is 9.69 Å². The molecular formula is C26H30ClF6N5OS. The Morgan fingerprint density at radius 3 is 2.30 bits per heavy atom. The van der Waals surface area contributed by atoms with E-state index in [0.29, 0.717) is 63.4 Å². The molecule has 2 saturated heterocycles. The molecule has 2 aromatic rings. The van der Waals surface area contributed by atoms with E-state index in [1.54, 1.807) is 6.07 Å². The van der Waals surface area contributed by atoms with Crippen LogP contribution < -0.4 is 10.2 Å². The van der Waals surface area contributed by atoms with Gasteiger partial charge in [-0.15, -0.1) is 0 Å². The fraction of sp³-hybridized carbons (Fsp3) is 0.538. The van der Waals surface area contributed by atoms with Gasteiger partial charge in [0.25, 0.3) is 0 Å². The number of alkyl halides is 6. The number of nitrogens with zero attached hydrogens (tertiary/aromatic N) is 4. The predicted octanol–water partition coefficient (Wildman–Crippen LogP) is 6.37. The molecule has 4 rings (SSSR count). The minimum atomic E-state index is -4.42. The molecule has 1 N–H and O–H groups in total. The van der Waals surface area contributed by atoms with Crippen LogP contribution in [-0.4, -0.2) is 78.1 Å². The maximum absolute atomic E-state index is 12.8. The van der Waals surface area contributed by atoms with Gasteiger partial charge in [-0.05, 0) is 67.9 Å². The highest BCUT2D eigenvalue weighted by atomic mass is 35.5. The average Bonchev–Trinajstić information content (AvgIpc) is 2.90. The number of piperidine rings is 1. The Morgan fingerprint density at radius 2 is 1.70 bits per heavy atom. The zero-order chi connectivity index (χ0) is 28.9. The normalized spacial score (nSPS) is 17.8. The molecule has 220 valence electrons. The van der Waals surface area contributed by atoms with Crippen LogP contribution in [-0.2, 0) is 11.0 Å². The number of amides is 1. The molecule has 1 aromatic heterocycles. The van der Waals surface area contributed by atoms with Crippen molar-refractivity contribution in [3.8, 4) is 0 Å². The minimum Gasteiger partial charge on any atom is -0.382 e. The Kier molecular flexibility index (Phi) is 9.99. The van der Waals surface area contributed by atoms with Crippen molar-refractivity contribution in [1.29, 1.82) is 0 Å². The topological polar surface area (TPSA) is 51.7 Å². The molecule has 14 heteroatoms. The summed E-state index contributed by atoms with van der Waals surface area (Å²) in [4.78, 5) is 22.7. The van der Waals surface area contributed by atoms with E-state index in [9.17, 15) is 31.1 Å². The molecule has 40 heavy (non-hydrogen) atoms. The fourth-order valence-electron chi connectivity index (χ4n) is 4.86. The molecule has 0 saturated carbocycles. The largest absolute Gasteiger partial charge is 0.446 e. The monoisotopic (exact) mass is 609 g/mol. The Morgan fingerprint density at radius 1 is 1.00 bits per heavy atom. The zero-order valence-corrected chi connectivity index (χ0v) is 23.1. The van der Waals surface area contributed by atoms with Crippen LogP contribution in [0, 0.1) is 0 Å². The van der Waals surface area contributed by atoms with Gasteiger partial charge >= 0.3 is 11.7 Å². The molecule has 2 aliphatic heterocycles. The molecule has 1 aromatic carbocycles. The fourth-order valence-corrected chi connectivity index (χ4v) is 5.69. The van der Waals surface area contributed by atoms with Crippen molar-refractivity contribution in [2.24, 2.45) is 0 Å². The number of carbonyl (C=O) groups is 1. The zero-order valence-electron chi connectivity index (χ0n) is 21.6. The lowest BCUT2D eigenvalue weighted by Gasteiger charge is -2.36. The molecule has 0 radical (unpaired) electrons. The maximum atomic E-state index is 12.8. The number of benzene rings is 1. The van der Waals surface area contributed by atoms with E-state index in [-0.39, 0.29) is 33.6 Å². The van der Waals surface area contributed by atoms with Crippen LogP contribution in [0.3, 0.4) is 0 Å². The van der Waals surface area contributed by atoms with Gasteiger partial charge < -0.3 is 15.1 Å². The Balaban J connectivity index is 1.14. The van der Waals surface area contributed by atoms with Gasteiger partial charge in [0.1, 0.15) is 5.82 Å². The summed E-state index contributed by atoms with van der Waals surface area (Å²) in [5.41, 5.74) is -4.62. The SMILES string of the molecule is O=C(CCCN1CCN(c2ccc(C(F)(F)F)cn2)CC1)N1CCC(Nc2ccc(Cl)c(SC(F)(F)F)c2)CC1. The molecule has 2 aliphatic rings. The van der Waals surface area contributed by atoms with Crippen molar-refractivity contribution in [1.82, 2.24) is 14.8 Å². The number of thioether (sulfide) groups is 1. The van der Waals surface area contributed by atoms with E-state index in [2.05, 4.69) is 15.2 Å². The summed E-state index contributed by atoms with van der Waals surface area (Å²) in [7, 11) is 0. The summed E-state index contributed by atoms with van der Waals surface area (Å²) in [5.74, 6) is 0.610. The van der Waals surface area contributed by atoms with Gasteiger partial charge in [-0.25, -0.2) is 4.98 Å². The second-order valence-electron chi connectivity index (χ2n) is 9.83. The summed E-state index contributed by atoms with van der Waals surface area (Å²) in [6, 6.07) is 6.99. The number of pyridine rings is 1. The number of hydrogen-bond donors (Lipinski definition) is 1. The molecule has 2 fully saturated rings. The van der Waals surface area contributed by atoms with Crippen molar-refractivity contribution >= 4 is 40.8 Å². The Labute approximate surface area is 238 Å². The number of piperazine rings is 1. The summed E-state index contributed by atoms with van der Waals surface area (Å²) in [5, 5.41) is 3.31. The number of rotatable bonds is 8. The molecule has 0 aliphatic carbocycles. The first kappa shape index (κ1) is 30.6. The summed E-state index contributed by atoms with van der Waals surface area (Å²) < 4.78 is 76.5. The van der Waals surface area contributed by atoms with Gasteiger partial charge in [0.15, 0.2) is 0 Å². The van der Waals surface area contributed by atoms with E-state index in [1.807, 2.05) is 9.80 Å². The first-order chi connectivity index (χ1) is 18.9. The molecule has 0 spiro atoms. The Hall–Kier alpha value is -2.38. The molecular weight excluding hydrogens is 580 g/mol. The van der Waals surface area contributed by atoms with Crippen molar-refractivity contribution in [3.05, 3.63) is 47.1 Å². The Bertz CT molecular complexity index is 1130. The van der Waals surface area contributed by atoms with Gasteiger partial charge in [0, 0.05) is 68.5 Å². The van der Waals surface area contributed by atoms with Crippen molar-refractivity contribution < 1.29 is 31.1 Å². The van der Waals surface area contributed by atoms with Crippen LogP contribution in [0.5, 0.6) is 0 Å². The van der Waals surface area contributed by atoms with Crippen LogP contribution in [0.1, 0.15) is 31.2 Å². The molecule has 0 atom stereocenters. The smallest absolute Gasteiger partial charge is 0.382 e. The van der Waals surface area contributed by atoms with Crippen LogP contribution in [0.4, 0.5) is 37.8 Å². The number of likely N-dealkylation sites (tertiary alicyclic amines) is 1. The molecule has 0 bridgehead atoms. The summed E-state index contributed by atoms with van der Waals surface area (Å²) in [6.45, 7) is 4.68. The highest BCUT2D eigenvalue weighted by Crippen LogP contribution is 2.41. The van der Waals surface area contributed by atoms with Crippen molar-refractivity contribution in [2.45, 2.75) is 48.3 Å². The third-order valence-electron chi connectivity index (χ3n) is 7.01. The average molecular weight is 610 g/mol. The number of anilines is 2. The third-order valence-corrected chi connectivity index (χ3v) is 8.24. The lowest BCUT2D eigenvalue weighted by molar-refractivity contribution is -0.137.